The smallest absolute Gasteiger partial charge is 0.150 e. The number of carbonyl (C=O) groups excluding carboxylic acids is 1. The highest BCUT2D eigenvalue weighted by atomic mass is 16.1. The number of aryl methyl sites for hydroxylation is 1. The molecule has 2 nitrogen and oxygen atoms in total. The molecular weight excluding hydrogens is 210 g/mol. The van der Waals surface area contributed by atoms with Crippen molar-refractivity contribution in [3.63, 3.8) is 0 Å². The van der Waals surface area contributed by atoms with Crippen LogP contribution in [0, 0.1) is 6.92 Å². The van der Waals surface area contributed by atoms with Crippen LogP contribution in [-0.2, 0) is 0 Å². The van der Waals surface area contributed by atoms with Gasteiger partial charge in [-0.2, -0.15) is 0 Å². The molecule has 1 atom stereocenters. The van der Waals surface area contributed by atoms with Crippen LogP contribution < -0.4 is 4.90 Å². The number of aldehydes is 1. The Morgan fingerprint density at radius 2 is 2.12 bits per heavy atom. The summed E-state index contributed by atoms with van der Waals surface area (Å²) in [5, 5.41) is 0. The molecule has 2 rings (SSSR count). The fourth-order valence-electron chi connectivity index (χ4n) is 2.71. The van der Waals surface area contributed by atoms with Crippen LogP contribution in [0.2, 0.25) is 0 Å². The maximum absolute atomic E-state index is 10.8. The van der Waals surface area contributed by atoms with E-state index in [0.29, 0.717) is 6.04 Å². The van der Waals surface area contributed by atoms with E-state index in [1.165, 1.54) is 36.9 Å². The molecule has 0 amide bonds. The molecule has 1 aliphatic rings. The van der Waals surface area contributed by atoms with Gasteiger partial charge in [0.05, 0.1) is 0 Å². The van der Waals surface area contributed by atoms with Crippen molar-refractivity contribution in [1.82, 2.24) is 0 Å². The first-order chi connectivity index (χ1) is 8.22. The fraction of sp³-hybridized carbons (Fsp3) is 0.533. The molecule has 1 aromatic carbocycles. The number of benzene rings is 1. The van der Waals surface area contributed by atoms with Crippen molar-refractivity contribution in [1.29, 1.82) is 0 Å². The number of hydrogen-bond donors (Lipinski definition) is 0. The van der Waals surface area contributed by atoms with Crippen LogP contribution >= 0.6 is 0 Å². The summed E-state index contributed by atoms with van der Waals surface area (Å²) in [4.78, 5) is 13.2. The molecule has 1 heterocycles. The van der Waals surface area contributed by atoms with Crippen molar-refractivity contribution in [3.05, 3.63) is 29.3 Å². The largest absolute Gasteiger partial charge is 0.369 e. The van der Waals surface area contributed by atoms with Gasteiger partial charge < -0.3 is 4.90 Å². The maximum atomic E-state index is 10.8. The minimum atomic E-state index is 0.610. The molecule has 1 saturated heterocycles. The lowest BCUT2D eigenvalue weighted by atomic mass is 10.1. The zero-order valence-corrected chi connectivity index (χ0v) is 10.8. The SMILES string of the molecule is Cc1cc(C=O)ccc1N1CCCCCC1C. The highest BCUT2D eigenvalue weighted by Gasteiger charge is 2.18. The van der Waals surface area contributed by atoms with Crippen LogP contribution in [0.3, 0.4) is 0 Å². The van der Waals surface area contributed by atoms with Gasteiger partial charge in [0.1, 0.15) is 6.29 Å². The third-order valence-electron chi connectivity index (χ3n) is 3.72. The van der Waals surface area contributed by atoms with E-state index in [2.05, 4.69) is 24.8 Å². The standard InChI is InChI=1S/C15H21NO/c1-12-10-14(11-17)7-8-15(12)16-9-5-3-4-6-13(16)2/h7-8,10-11,13H,3-6,9H2,1-2H3. The first-order valence-electron chi connectivity index (χ1n) is 6.55. The van der Waals surface area contributed by atoms with Crippen LogP contribution in [0.5, 0.6) is 0 Å². The summed E-state index contributed by atoms with van der Waals surface area (Å²) in [5.41, 5.74) is 3.28. The summed E-state index contributed by atoms with van der Waals surface area (Å²) in [5.74, 6) is 0. The lowest BCUT2D eigenvalue weighted by molar-refractivity contribution is 0.112. The Bertz CT molecular complexity index is 400. The van der Waals surface area contributed by atoms with Crippen molar-refractivity contribution >= 4 is 12.0 Å². The van der Waals surface area contributed by atoms with Crippen LogP contribution in [0.4, 0.5) is 5.69 Å². The third-order valence-corrected chi connectivity index (χ3v) is 3.72. The summed E-state index contributed by atoms with van der Waals surface area (Å²) in [6.07, 6.45) is 6.15. The Labute approximate surface area is 104 Å². The van der Waals surface area contributed by atoms with Crippen molar-refractivity contribution in [2.75, 3.05) is 11.4 Å². The van der Waals surface area contributed by atoms with E-state index in [1.54, 1.807) is 0 Å². The Hall–Kier alpha value is -1.31. The lowest BCUT2D eigenvalue weighted by Crippen LogP contribution is -2.32. The van der Waals surface area contributed by atoms with Crippen LogP contribution in [0.25, 0.3) is 0 Å². The van der Waals surface area contributed by atoms with E-state index in [1.807, 2.05) is 12.1 Å². The van der Waals surface area contributed by atoms with Gasteiger partial charge in [-0.25, -0.2) is 0 Å². The Kier molecular flexibility index (Phi) is 3.82. The molecule has 0 N–H and O–H groups in total. The van der Waals surface area contributed by atoms with Crippen LogP contribution in [-0.4, -0.2) is 18.9 Å². The van der Waals surface area contributed by atoms with Gasteiger partial charge in [0.15, 0.2) is 0 Å². The quantitative estimate of drug-likeness (QED) is 0.725. The molecule has 2 heteroatoms. The van der Waals surface area contributed by atoms with E-state index in [0.717, 1.165) is 18.4 Å². The van der Waals surface area contributed by atoms with Gasteiger partial charge in [-0.1, -0.05) is 12.8 Å². The molecular formula is C15H21NO. The van der Waals surface area contributed by atoms with Gasteiger partial charge in [0.25, 0.3) is 0 Å². The number of anilines is 1. The van der Waals surface area contributed by atoms with Gasteiger partial charge in [-0.3, -0.25) is 4.79 Å². The average Bonchev–Trinajstić information content (AvgIpc) is 2.54. The molecule has 1 aromatic rings. The molecule has 17 heavy (non-hydrogen) atoms. The molecule has 0 aliphatic carbocycles. The van der Waals surface area contributed by atoms with E-state index in [4.69, 9.17) is 0 Å². The van der Waals surface area contributed by atoms with Gasteiger partial charge in [-0.05, 0) is 50.5 Å². The molecule has 0 radical (unpaired) electrons. The average molecular weight is 231 g/mol. The van der Waals surface area contributed by atoms with E-state index < -0.39 is 0 Å². The summed E-state index contributed by atoms with van der Waals surface area (Å²) in [7, 11) is 0. The second-order valence-electron chi connectivity index (χ2n) is 5.06. The Balaban J connectivity index is 2.28. The lowest BCUT2D eigenvalue weighted by Gasteiger charge is -2.31. The van der Waals surface area contributed by atoms with Gasteiger partial charge in [-0.15, -0.1) is 0 Å². The molecule has 0 spiro atoms. The van der Waals surface area contributed by atoms with Crippen molar-refractivity contribution in [2.45, 2.75) is 45.6 Å². The fourth-order valence-corrected chi connectivity index (χ4v) is 2.71. The Morgan fingerprint density at radius 1 is 1.29 bits per heavy atom. The van der Waals surface area contributed by atoms with Gasteiger partial charge in [0, 0.05) is 23.8 Å². The molecule has 0 aromatic heterocycles. The molecule has 1 unspecified atom stereocenters. The molecule has 1 fully saturated rings. The van der Waals surface area contributed by atoms with Crippen molar-refractivity contribution in [2.24, 2.45) is 0 Å². The van der Waals surface area contributed by atoms with E-state index in [9.17, 15) is 4.79 Å². The number of hydrogen-bond acceptors (Lipinski definition) is 2. The van der Waals surface area contributed by atoms with Gasteiger partial charge >= 0.3 is 0 Å². The third kappa shape index (κ3) is 2.68. The zero-order valence-electron chi connectivity index (χ0n) is 10.8. The first kappa shape index (κ1) is 12.2. The summed E-state index contributed by atoms with van der Waals surface area (Å²) >= 11 is 0. The second-order valence-corrected chi connectivity index (χ2v) is 5.06. The zero-order chi connectivity index (χ0) is 12.3. The molecule has 1 aliphatic heterocycles. The van der Waals surface area contributed by atoms with Gasteiger partial charge in [0.2, 0.25) is 0 Å². The highest BCUT2D eigenvalue weighted by molar-refractivity contribution is 5.77. The molecule has 92 valence electrons. The monoisotopic (exact) mass is 231 g/mol. The highest BCUT2D eigenvalue weighted by Crippen LogP contribution is 2.27. The predicted octanol–water partition coefficient (Wildman–Crippen LogP) is 3.58. The maximum Gasteiger partial charge on any atom is 0.150 e. The minimum Gasteiger partial charge on any atom is -0.369 e. The van der Waals surface area contributed by atoms with Crippen LogP contribution in [0.1, 0.15) is 48.5 Å². The van der Waals surface area contributed by atoms with Crippen LogP contribution in [0.15, 0.2) is 18.2 Å². The summed E-state index contributed by atoms with van der Waals surface area (Å²) in [6.45, 7) is 5.54. The second kappa shape index (κ2) is 5.35. The van der Waals surface area contributed by atoms with E-state index in [-0.39, 0.29) is 0 Å². The molecule has 0 bridgehead atoms. The summed E-state index contributed by atoms with van der Waals surface area (Å²) < 4.78 is 0. The van der Waals surface area contributed by atoms with Crippen molar-refractivity contribution in [3.8, 4) is 0 Å². The van der Waals surface area contributed by atoms with Crippen molar-refractivity contribution < 1.29 is 4.79 Å². The molecule has 0 saturated carbocycles. The number of nitrogens with zero attached hydrogens (tertiary/aromatic N) is 1. The number of carbonyl (C=O) groups is 1. The topological polar surface area (TPSA) is 20.3 Å². The first-order valence-corrected chi connectivity index (χ1v) is 6.55. The normalized spacial score (nSPS) is 21.1. The Morgan fingerprint density at radius 3 is 2.82 bits per heavy atom. The summed E-state index contributed by atoms with van der Waals surface area (Å²) in [6, 6.07) is 6.62. The number of rotatable bonds is 2. The predicted molar refractivity (Wildman–Crippen MR) is 71.8 cm³/mol. The van der Waals surface area contributed by atoms with E-state index >= 15 is 0 Å². The minimum absolute atomic E-state index is 0.610.